The number of piperidine rings is 1. The van der Waals surface area contributed by atoms with Gasteiger partial charge < -0.3 is 10.2 Å². The largest absolute Gasteiger partial charge is 0.381 e. The van der Waals surface area contributed by atoms with Gasteiger partial charge in [0.15, 0.2) is 0 Å². The quantitative estimate of drug-likeness (QED) is 0.811. The second-order valence-electron chi connectivity index (χ2n) is 5.01. The second-order valence-corrected chi connectivity index (χ2v) is 6.61. The van der Waals surface area contributed by atoms with E-state index in [9.17, 15) is 0 Å². The Balaban J connectivity index is 1.73. The summed E-state index contributed by atoms with van der Waals surface area (Å²) in [5.41, 5.74) is 1.24. The monoisotopic (exact) mass is 362 g/mol. The van der Waals surface area contributed by atoms with Gasteiger partial charge in [-0.2, -0.15) is 0 Å². The van der Waals surface area contributed by atoms with Gasteiger partial charge in [-0.25, -0.2) is 0 Å². The Hall–Kier alpha value is -0.000000000000000111. The number of fused-ring (bicyclic) bond motifs is 2. The van der Waals surface area contributed by atoms with Crippen LogP contribution in [0.4, 0.5) is 5.69 Å². The summed E-state index contributed by atoms with van der Waals surface area (Å²) in [7, 11) is 0. The molecule has 0 saturated carbocycles. The summed E-state index contributed by atoms with van der Waals surface area (Å²) in [5.74, 6) is 0.829. The fraction of sp³-hybridized carbons (Fsp3) is 0.538. The molecule has 2 saturated heterocycles. The topological polar surface area (TPSA) is 15.3 Å². The highest BCUT2D eigenvalue weighted by molar-refractivity contribution is 14.1. The summed E-state index contributed by atoms with van der Waals surface area (Å²) in [6.45, 7) is 3.82. The van der Waals surface area contributed by atoms with Gasteiger partial charge in [-0.05, 0) is 66.1 Å². The molecule has 3 rings (SSSR count). The molecule has 2 heterocycles. The molecular weight excluding hydrogens is 347 g/mol. The Labute approximate surface area is 121 Å². The van der Waals surface area contributed by atoms with E-state index in [2.05, 4.69) is 38.9 Å². The van der Waals surface area contributed by atoms with E-state index < -0.39 is 0 Å². The molecule has 0 amide bonds. The zero-order valence-electron chi connectivity index (χ0n) is 9.63. The smallest absolute Gasteiger partial charge is 0.0479 e. The lowest BCUT2D eigenvalue weighted by atomic mass is 9.94. The van der Waals surface area contributed by atoms with Crippen molar-refractivity contribution in [1.82, 2.24) is 4.90 Å². The molecule has 2 aliphatic heterocycles. The predicted molar refractivity (Wildman–Crippen MR) is 80.7 cm³/mol. The highest BCUT2D eigenvalue weighted by atomic mass is 127. The molecule has 0 radical (unpaired) electrons. The summed E-state index contributed by atoms with van der Waals surface area (Å²) in [6, 6.07) is 6.73. The zero-order chi connectivity index (χ0) is 11.8. The first-order valence-corrected chi connectivity index (χ1v) is 7.62. The first-order valence-electron chi connectivity index (χ1n) is 6.16. The van der Waals surface area contributed by atoms with Crippen molar-refractivity contribution >= 4 is 39.9 Å². The Morgan fingerprint density at radius 2 is 2.12 bits per heavy atom. The van der Waals surface area contributed by atoms with Crippen LogP contribution in [-0.2, 0) is 0 Å². The number of rotatable bonds is 2. The molecule has 1 aromatic carbocycles. The number of nitrogens with one attached hydrogen (secondary N) is 1. The van der Waals surface area contributed by atoms with Gasteiger partial charge in [0.25, 0.3) is 0 Å². The number of nitrogens with zero attached hydrogens (tertiary/aromatic N) is 1. The molecule has 2 fully saturated rings. The average molecular weight is 363 g/mol. The van der Waals surface area contributed by atoms with E-state index in [0.717, 1.165) is 10.9 Å². The lowest BCUT2D eigenvalue weighted by molar-refractivity contribution is 0.255. The maximum atomic E-state index is 5.98. The molecule has 4 heteroatoms. The van der Waals surface area contributed by atoms with E-state index in [0.29, 0.717) is 6.04 Å². The van der Waals surface area contributed by atoms with Crippen molar-refractivity contribution < 1.29 is 0 Å². The minimum atomic E-state index is 0.642. The lowest BCUT2D eigenvalue weighted by Crippen LogP contribution is -2.39. The molecule has 0 spiro atoms. The summed E-state index contributed by atoms with van der Waals surface area (Å²) >= 11 is 8.34. The van der Waals surface area contributed by atoms with Crippen LogP contribution in [0.3, 0.4) is 0 Å². The Morgan fingerprint density at radius 3 is 2.94 bits per heavy atom. The van der Waals surface area contributed by atoms with Crippen molar-refractivity contribution in [2.24, 2.45) is 5.92 Å². The van der Waals surface area contributed by atoms with Gasteiger partial charge in [0, 0.05) is 33.4 Å². The van der Waals surface area contributed by atoms with E-state index in [1.165, 1.54) is 41.7 Å². The van der Waals surface area contributed by atoms with Gasteiger partial charge in [-0.1, -0.05) is 11.6 Å². The van der Waals surface area contributed by atoms with E-state index >= 15 is 0 Å². The van der Waals surface area contributed by atoms with Crippen molar-refractivity contribution in [2.45, 2.75) is 18.9 Å². The predicted octanol–water partition coefficient (Wildman–Crippen LogP) is 3.45. The van der Waals surface area contributed by atoms with Gasteiger partial charge in [-0.3, -0.25) is 0 Å². The van der Waals surface area contributed by atoms with Gasteiger partial charge in [-0.15, -0.1) is 0 Å². The third-order valence-electron chi connectivity index (χ3n) is 3.91. The van der Waals surface area contributed by atoms with Crippen LogP contribution >= 0.6 is 34.2 Å². The van der Waals surface area contributed by atoms with Crippen molar-refractivity contribution in [2.75, 3.05) is 25.0 Å². The number of benzene rings is 1. The SMILES string of the molecule is Clc1ccc(NC2CCN3CCC2C3)c(I)c1. The van der Waals surface area contributed by atoms with Crippen LogP contribution in [0.5, 0.6) is 0 Å². The average Bonchev–Trinajstić information content (AvgIpc) is 2.69. The minimum Gasteiger partial charge on any atom is -0.381 e. The highest BCUT2D eigenvalue weighted by Crippen LogP contribution is 2.31. The van der Waals surface area contributed by atoms with Gasteiger partial charge >= 0.3 is 0 Å². The van der Waals surface area contributed by atoms with Gasteiger partial charge in [0.05, 0.1) is 0 Å². The summed E-state index contributed by atoms with van der Waals surface area (Å²) in [5, 5.41) is 4.53. The van der Waals surface area contributed by atoms with Crippen LogP contribution in [0.25, 0.3) is 0 Å². The minimum absolute atomic E-state index is 0.642. The molecule has 2 aliphatic rings. The highest BCUT2D eigenvalue weighted by Gasteiger charge is 2.34. The molecule has 1 aromatic rings. The van der Waals surface area contributed by atoms with Gasteiger partial charge in [0.2, 0.25) is 0 Å². The van der Waals surface area contributed by atoms with Crippen LogP contribution in [0.15, 0.2) is 18.2 Å². The Morgan fingerprint density at radius 1 is 1.29 bits per heavy atom. The molecule has 2 nitrogen and oxygen atoms in total. The summed E-state index contributed by atoms with van der Waals surface area (Å²) in [6.07, 6.45) is 2.62. The van der Waals surface area contributed by atoms with Crippen LogP contribution < -0.4 is 5.32 Å². The first-order chi connectivity index (χ1) is 8.22. The van der Waals surface area contributed by atoms with E-state index in [1.54, 1.807) is 0 Å². The molecule has 1 N–H and O–H groups in total. The molecule has 0 aromatic heterocycles. The Bertz CT molecular complexity index is 424. The molecule has 0 aliphatic carbocycles. The van der Waals surface area contributed by atoms with E-state index in [-0.39, 0.29) is 0 Å². The molecule has 3 atom stereocenters. The molecule has 92 valence electrons. The van der Waals surface area contributed by atoms with Crippen molar-refractivity contribution in [1.29, 1.82) is 0 Å². The summed E-state index contributed by atoms with van der Waals surface area (Å²) < 4.78 is 1.22. The number of hydrogen-bond acceptors (Lipinski definition) is 2. The second kappa shape index (κ2) is 4.94. The third-order valence-corrected chi connectivity index (χ3v) is 5.03. The van der Waals surface area contributed by atoms with Crippen molar-refractivity contribution in [3.63, 3.8) is 0 Å². The summed E-state index contributed by atoms with van der Waals surface area (Å²) in [4.78, 5) is 2.58. The van der Waals surface area contributed by atoms with Crippen LogP contribution in [0, 0.1) is 9.49 Å². The molecule has 17 heavy (non-hydrogen) atoms. The fourth-order valence-electron chi connectivity index (χ4n) is 2.95. The van der Waals surface area contributed by atoms with E-state index in [1.807, 2.05) is 12.1 Å². The van der Waals surface area contributed by atoms with Crippen LogP contribution in [-0.4, -0.2) is 30.6 Å². The molecule has 2 bridgehead atoms. The third kappa shape index (κ3) is 2.56. The standard InChI is InChI=1S/C13H16ClIN2/c14-10-1-2-13(11(15)7-10)16-12-4-6-17-5-3-9(12)8-17/h1-2,7,9,12,16H,3-6,8H2. The lowest BCUT2D eigenvalue weighted by Gasteiger charge is -2.32. The normalized spacial score (nSPS) is 31.5. The number of anilines is 1. The van der Waals surface area contributed by atoms with Crippen LogP contribution in [0.2, 0.25) is 5.02 Å². The molecule has 3 unspecified atom stereocenters. The van der Waals surface area contributed by atoms with Gasteiger partial charge in [0.1, 0.15) is 0 Å². The number of halogens is 2. The molecular formula is C13H16ClIN2. The Kier molecular flexibility index (Phi) is 3.50. The van der Waals surface area contributed by atoms with Crippen molar-refractivity contribution in [3.8, 4) is 0 Å². The van der Waals surface area contributed by atoms with E-state index in [4.69, 9.17) is 11.6 Å². The maximum Gasteiger partial charge on any atom is 0.0479 e. The van der Waals surface area contributed by atoms with Crippen LogP contribution in [0.1, 0.15) is 12.8 Å². The van der Waals surface area contributed by atoms with Crippen molar-refractivity contribution in [3.05, 3.63) is 26.8 Å². The fourth-order valence-corrected chi connectivity index (χ4v) is 3.97. The zero-order valence-corrected chi connectivity index (χ0v) is 12.5. The first kappa shape index (κ1) is 12.1. The number of hydrogen-bond donors (Lipinski definition) is 1. The maximum absolute atomic E-state index is 5.98.